The van der Waals surface area contributed by atoms with Gasteiger partial charge in [0.25, 0.3) is 0 Å². The van der Waals surface area contributed by atoms with Gasteiger partial charge >= 0.3 is 0 Å². The van der Waals surface area contributed by atoms with E-state index in [9.17, 15) is 0 Å². The minimum absolute atomic E-state index is 0.246. The molecule has 1 saturated carbocycles. The first kappa shape index (κ1) is 14.5. The first-order chi connectivity index (χ1) is 9.13. The van der Waals surface area contributed by atoms with Crippen LogP contribution in [0.15, 0.2) is 0 Å². The quantitative estimate of drug-likeness (QED) is 0.635. The highest BCUT2D eigenvalue weighted by Gasteiger charge is 2.21. The molecule has 108 valence electrons. The van der Waals surface area contributed by atoms with E-state index in [1.54, 1.807) is 0 Å². The number of nitrogens with zero attached hydrogens (tertiary/aromatic N) is 2. The predicted molar refractivity (Wildman–Crippen MR) is 78.6 cm³/mol. The average molecular weight is 264 g/mol. The summed E-state index contributed by atoms with van der Waals surface area (Å²) >= 11 is 0. The predicted octanol–water partition coefficient (Wildman–Crippen LogP) is 2.90. The van der Waals surface area contributed by atoms with E-state index in [4.69, 9.17) is 5.84 Å². The van der Waals surface area contributed by atoms with Crippen molar-refractivity contribution in [3.63, 3.8) is 0 Å². The number of aromatic nitrogens is 2. The van der Waals surface area contributed by atoms with E-state index >= 15 is 0 Å². The lowest BCUT2D eigenvalue weighted by Crippen LogP contribution is -2.29. The summed E-state index contributed by atoms with van der Waals surface area (Å²) in [6.07, 6.45) is 9.46. The molecule has 1 aliphatic rings. The van der Waals surface area contributed by atoms with Gasteiger partial charge in [-0.2, -0.15) is 5.10 Å². The zero-order chi connectivity index (χ0) is 13.8. The third-order valence-corrected chi connectivity index (χ3v) is 4.70. The van der Waals surface area contributed by atoms with Gasteiger partial charge in [0.2, 0.25) is 0 Å². The maximum atomic E-state index is 5.78. The van der Waals surface area contributed by atoms with E-state index in [2.05, 4.69) is 24.4 Å². The molecule has 1 fully saturated rings. The third-order valence-electron chi connectivity index (χ3n) is 4.70. The largest absolute Gasteiger partial charge is 0.272 e. The molecule has 1 heterocycles. The Morgan fingerprint density at radius 2 is 2.00 bits per heavy atom. The number of hydrogen-bond donors (Lipinski definition) is 2. The molecule has 1 aliphatic carbocycles. The minimum atomic E-state index is 0.246. The van der Waals surface area contributed by atoms with Crippen LogP contribution in [-0.2, 0) is 7.05 Å². The van der Waals surface area contributed by atoms with E-state index in [1.807, 2.05) is 11.7 Å². The van der Waals surface area contributed by atoms with Crippen LogP contribution >= 0.6 is 0 Å². The summed E-state index contributed by atoms with van der Waals surface area (Å²) in [5.74, 6) is 6.68. The molecule has 0 spiro atoms. The van der Waals surface area contributed by atoms with Crippen LogP contribution < -0.4 is 11.3 Å². The normalized spacial score (nSPS) is 18.7. The Balaban J connectivity index is 1.99. The molecule has 0 amide bonds. The molecule has 0 aliphatic heterocycles. The molecular weight excluding hydrogens is 236 g/mol. The van der Waals surface area contributed by atoms with E-state index in [1.165, 1.54) is 49.8 Å². The highest BCUT2D eigenvalue weighted by atomic mass is 15.3. The third kappa shape index (κ3) is 3.37. The summed E-state index contributed by atoms with van der Waals surface area (Å²) in [7, 11) is 2.00. The molecule has 0 aromatic carbocycles. The second-order valence-electron chi connectivity index (χ2n) is 6.01. The number of rotatable bonds is 5. The molecule has 1 atom stereocenters. The fraction of sp³-hybridized carbons (Fsp3) is 0.800. The van der Waals surface area contributed by atoms with Crippen LogP contribution in [0, 0.1) is 19.8 Å². The number of hydrazine groups is 1. The van der Waals surface area contributed by atoms with Crippen LogP contribution in [0.3, 0.4) is 0 Å². The Hall–Kier alpha value is -0.870. The van der Waals surface area contributed by atoms with Gasteiger partial charge in [-0.3, -0.25) is 16.0 Å². The Bertz CT molecular complexity index is 405. The van der Waals surface area contributed by atoms with Gasteiger partial charge in [-0.15, -0.1) is 0 Å². The Morgan fingerprint density at radius 3 is 2.53 bits per heavy atom. The second-order valence-corrected chi connectivity index (χ2v) is 6.01. The molecule has 0 bridgehead atoms. The zero-order valence-electron chi connectivity index (χ0n) is 12.6. The number of nitrogens with one attached hydrogen (secondary N) is 1. The SMILES string of the molecule is Cc1nn(C)c(C)c1C(CCC1CCCCC1)NN. The maximum Gasteiger partial charge on any atom is 0.0644 e. The van der Waals surface area contributed by atoms with Crippen molar-refractivity contribution in [3.05, 3.63) is 17.0 Å². The van der Waals surface area contributed by atoms with Crippen molar-refractivity contribution in [2.45, 2.75) is 64.8 Å². The fourth-order valence-corrected chi connectivity index (χ4v) is 3.48. The van der Waals surface area contributed by atoms with Gasteiger partial charge in [-0.25, -0.2) is 0 Å². The van der Waals surface area contributed by atoms with Gasteiger partial charge in [0.1, 0.15) is 0 Å². The van der Waals surface area contributed by atoms with Crippen LogP contribution in [-0.4, -0.2) is 9.78 Å². The summed E-state index contributed by atoms with van der Waals surface area (Å²) in [4.78, 5) is 0. The number of nitrogens with two attached hydrogens (primary N) is 1. The van der Waals surface area contributed by atoms with Crippen molar-refractivity contribution in [1.82, 2.24) is 15.2 Å². The molecule has 4 nitrogen and oxygen atoms in total. The van der Waals surface area contributed by atoms with Crippen LogP contribution in [0.1, 0.15) is 67.9 Å². The first-order valence-corrected chi connectivity index (χ1v) is 7.59. The smallest absolute Gasteiger partial charge is 0.0644 e. The first-order valence-electron chi connectivity index (χ1n) is 7.59. The van der Waals surface area contributed by atoms with Crippen molar-refractivity contribution in [3.8, 4) is 0 Å². The second kappa shape index (κ2) is 6.53. The molecule has 4 heteroatoms. The monoisotopic (exact) mass is 264 g/mol. The van der Waals surface area contributed by atoms with E-state index in [-0.39, 0.29) is 6.04 Å². The molecule has 19 heavy (non-hydrogen) atoms. The topological polar surface area (TPSA) is 55.9 Å². The van der Waals surface area contributed by atoms with Gasteiger partial charge < -0.3 is 0 Å². The van der Waals surface area contributed by atoms with Gasteiger partial charge in [0.15, 0.2) is 0 Å². The highest BCUT2D eigenvalue weighted by Crippen LogP contribution is 2.31. The van der Waals surface area contributed by atoms with Crippen molar-refractivity contribution >= 4 is 0 Å². The average Bonchev–Trinajstić information content (AvgIpc) is 2.67. The highest BCUT2D eigenvalue weighted by molar-refractivity contribution is 5.28. The van der Waals surface area contributed by atoms with Crippen LogP contribution in [0.4, 0.5) is 0 Å². The Kier molecular flexibility index (Phi) is 4.99. The van der Waals surface area contributed by atoms with Crippen molar-refractivity contribution in [2.75, 3.05) is 0 Å². The fourth-order valence-electron chi connectivity index (χ4n) is 3.48. The van der Waals surface area contributed by atoms with Gasteiger partial charge in [0.05, 0.1) is 5.69 Å². The lowest BCUT2D eigenvalue weighted by atomic mass is 9.84. The van der Waals surface area contributed by atoms with E-state index in [0.717, 1.165) is 18.0 Å². The van der Waals surface area contributed by atoms with E-state index in [0.29, 0.717) is 0 Å². The molecule has 1 unspecified atom stereocenters. The van der Waals surface area contributed by atoms with Gasteiger partial charge in [0, 0.05) is 24.3 Å². The number of hydrogen-bond acceptors (Lipinski definition) is 3. The molecule has 2 rings (SSSR count). The zero-order valence-corrected chi connectivity index (χ0v) is 12.6. The summed E-state index contributed by atoms with van der Waals surface area (Å²) in [6.45, 7) is 4.20. The minimum Gasteiger partial charge on any atom is -0.272 e. The molecular formula is C15H28N4. The van der Waals surface area contributed by atoms with Crippen LogP contribution in [0.5, 0.6) is 0 Å². The van der Waals surface area contributed by atoms with Crippen LogP contribution in [0.25, 0.3) is 0 Å². The molecule has 0 radical (unpaired) electrons. The molecule has 0 saturated heterocycles. The summed E-state index contributed by atoms with van der Waals surface area (Å²) in [5, 5.41) is 4.50. The maximum absolute atomic E-state index is 5.78. The standard InChI is InChI=1S/C15H28N4/c1-11-15(12(2)19(3)18-11)14(17-16)10-9-13-7-5-4-6-8-13/h13-14,17H,4-10,16H2,1-3H3. The molecule has 3 N–H and O–H groups in total. The van der Waals surface area contributed by atoms with Crippen molar-refractivity contribution in [1.29, 1.82) is 0 Å². The van der Waals surface area contributed by atoms with Gasteiger partial charge in [-0.1, -0.05) is 32.1 Å². The van der Waals surface area contributed by atoms with Crippen molar-refractivity contribution < 1.29 is 0 Å². The Labute approximate surface area is 116 Å². The van der Waals surface area contributed by atoms with Crippen molar-refractivity contribution in [2.24, 2.45) is 18.8 Å². The van der Waals surface area contributed by atoms with E-state index < -0.39 is 0 Å². The molecule has 1 aromatic heterocycles. The lowest BCUT2D eigenvalue weighted by Gasteiger charge is -2.24. The Morgan fingerprint density at radius 1 is 1.32 bits per heavy atom. The summed E-state index contributed by atoms with van der Waals surface area (Å²) < 4.78 is 1.95. The lowest BCUT2D eigenvalue weighted by molar-refractivity contribution is 0.314. The van der Waals surface area contributed by atoms with Crippen LogP contribution in [0.2, 0.25) is 0 Å². The number of aryl methyl sites for hydroxylation is 2. The summed E-state index contributed by atoms with van der Waals surface area (Å²) in [6, 6.07) is 0.246. The molecule has 1 aromatic rings. The summed E-state index contributed by atoms with van der Waals surface area (Å²) in [5.41, 5.74) is 6.62. The van der Waals surface area contributed by atoms with Gasteiger partial charge in [-0.05, 0) is 32.6 Å².